The molecule has 238 valence electrons. The molecule has 0 amide bonds. The monoisotopic (exact) mass is 567 g/mol. The lowest BCUT2D eigenvalue weighted by molar-refractivity contribution is -0.150. The summed E-state index contributed by atoms with van der Waals surface area (Å²) in [5.74, 6) is -0.723. The fourth-order valence-electron chi connectivity index (χ4n) is 5.66. The van der Waals surface area contributed by atoms with Gasteiger partial charge in [-0.15, -0.1) is 0 Å². The number of unbranched alkanes of at least 4 members (excludes halogenated alkanes) is 24. The number of carboxylic acids is 1. The molecule has 0 aliphatic heterocycles. The van der Waals surface area contributed by atoms with Crippen LogP contribution in [-0.2, 0) is 14.3 Å². The summed E-state index contributed by atoms with van der Waals surface area (Å²) in [5, 5.41) is 8.78. The number of esters is 1. The Morgan fingerprint density at radius 3 is 1.10 bits per heavy atom. The molecule has 0 rings (SSSR count). The number of ether oxygens (including phenoxy) is 1. The summed E-state index contributed by atoms with van der Waals surface area (Å²) >= 11 is 0. The van der Waals surface area contributed by atoms with Crippen molar-refractivity contribution < 1.29 is 19.4 Å². The maximum Gasteiger partial charge on any atom is 0.306 e. The van der Waals surface area contributed by atoms with Crippen LogP contribution < -0.4 is 0 Å². The molecule has 0 aromatic rings. The predicted octanol–water partition coefficient (Wildman–Crippen LogP) is 12.1. The van der Waals surface area contributed by atoms with Gasteiger partial charge in [0, 0.05) is 12.8 Å². The van der Waals surface area contributed by atoms with Crippen molar-refractivity contribution >= 4 is 11.9 Å². The Morgan fingerprint density at radius 2 is 0.750 bits per heavy atom. The van der Waals surface area contributed by atoms with Gasteiger partial charge in [-0.2, -0.15) is 0 Å². The highest BCUT2D eigenvalue weighted by Gasteiger charge is 2.14. The zero-order valence-electron chi connectivity index (χ0n) is 27.2. The van der Waals surface area contributed by atoms with Crippen molar-refractivity contribution in [2.75, 3.05) is 0 Å². The van der Waals surface area contributed by atoms with Crippen LogP contribution in [0, 0.1) is 0 Å². The second-order valence-corrected chi connectivity index (χ2v) is 12.4. The van der Waals surface area contributed by atoms with Crippen LogP contribution in [0.1, 0.15) is 213 Å². The molecule has 4 heteroatoms. The first-order valence-electron chi connectivity index (χ1n) is 18.0. The second-order valence-electron chi connectivity index (χ2n) is 12.4. The van der Waals surface area contributed by atoms with Gasteiger partial charge in [-0.1, -0.05) is 162 Å². The van der Waals surface area contributed by atoms with E-state index >= 15 is 0 Å². The Labute approximate surface area is 250 Å². The molecule has 4 nitrogen and oxygen atoms in total. The summed E-state index contributed by atoms with van der Waals surface area (Å²) in [6, 6.07) is 0. The summed E-state index contributed by atoms with van der Waals surface area (Å²) in [5.41, 5.74) is 0. The summed E-state index contributed by atoms with van der Waals surface area (Å²) in [4.78, 5) is 23.1. The maximum absolute atomic E-state index is 12.5. The van der Waals surface area contributed by atoms with E-state index in [1.807, 2.05) is 0 Å². The first kappa shape index (κ1) is 38.9. The minimum atomic E-state index is -0.710. The summed E-state index contributed by atoms with van der Waals surface area (Å²) in [6.07, 6.45) is 37.0. The number of aliphatic carboxylic acids is 1. The highest BCUT2D eigenvalue weighted by molar-refractivity contribution is 5.69. The van der Waals surface area contributed by atoms with Crippen molar-refractivity contribution in [2.24, 2.45) is 0 Å². The lowest BCUT2D eigenvalue weighted by Crippen LogP contribution is -2.18. The number of hydrogen-bond acceptors (Lipinski definition) is 3. The predicted molar refractivity (Wildman–Crippen MR) is 172 cm³/mol. The summed E-state index contributed by atoms with van der Waals surface area (Å²) in [7, 11) is 0. The highest BCUT2D eigenvalue weighted by atomic mass is 16.5. The Bertz CT molecular complexity index is 533. The van der Waals surface area contributed by atoms with E-state index in [2.05, 4.69) is 13.8 Å². The van der Waals surface area contributed by atoms with E-state index in [9.17, 15) is 9.59 Å². The van der Waals surface area contributed by atoms with Gasteiger partial charge in [-0.25, -0.2) is 0 Å². The molecule has 0 aliphatic carbocycles. The summed E-state index contributed by atoms with van der Waals surface area (Å²) < 4.78 is 5.90. The Balaban J connectivity index is 3.70. The first-order valence-corrected chi connectivity index (χ1v) is 18.0. The topological polar surface area (TPSA) is 63.6 Å². The third-order valence-corrected chi connectivity index (χ3v) is 8.33. The minimum absolute atomic E-state index is 0.0130. The van der Waals surface area contributed by atoms with Crippen LogP contribution in [-0.4, -0.2) is 23.1 Å². The van der Waals surface area contributed by atoms with Crippen LogP contribution in [0.15, 0.2) is 0 Å². The molecule has 0 aromatic carbocycles. The van der Waals surface area contributed by atoms with Crippen LogP contribution >= 0.6 is 0 Å². The van der Waals surface area contributed by atoms with Gasteiger partial charge in [-0.05, 0) is 38.5 Å². The van der Waals surface area contributed by atoms with Gasteiger partial charge in [-0.3, -0.25) is 9.59 Å². The molecule has 1 unspecified atom stereocenters. The zero-order chi connectivity index (χ0) is 29.4. The smallest absolute Gasteiger partial charge is 0.306 e. The van der Waals surface area contributed by atoms with Crippen LogP contribution in [0.3, 0.4) is 0 Å². The number of hydrogen-bond donors (Lipinski definition) is 1. The van der Waals surface area contributed by atoms with Crippen LogP contribution in [0.4, 0.5) is 0 Å². The molecule has 0 bridgehead atoms. The number of carbonyl (C=O) groups is 2. The fourth-order valence-corrected chi connectivity index (χ4v) is 5.66. The van der Waals surface area contributed by atoms with Gasteiger partial charge < -0.3 is 9.84 Å². The SMILES string of the molecule is CCCCCCCCCCCCCCCCCCCCC(=O)OC(CCCCCCC)CCCCCCC(=O)O. The first-order chi connectivity index (χ1) is 19.6. The van der Waals surface area contributed by atoms with E-state index in [-0.39, 0.29) is 18.5 Å². The lowest BCUT2D eigenvalue weighted by Gasteiger charge is -2.18. The van der Waals surface area contributed by atoms with E-state index in [0.717, 1.165) is 57.8 Å². The normalized spacial score (nSPS) is 12.1. The van der Waals surface area contributed by atoms with Crippen molar-refractivity contribution in [2.45, 2.75) is 219 Å². The lowest BCUT2D eigenvalue weighted by atomic mass is 10.0. The number of carboxylic acid groups (broad SMARTS) is 1. The van der Waals surface area contributed by atoms with E-state index in [0.29, 0.717) is 6.42 Å². The Hall–Kier alpha value is -1.06. The van der Waals surface area contributed by atoms with Gasteiger partial charge >= 0.3 is 11.9 Å². The maximum atomic E-state index is 12.5. The molecule has 0 radical (unpaired) electrons. The van der Waals surface area contributed by atoms with E-state index in [1.54, 1.807) is 0 Å². The average Bonchev–Trinajstić information content (AvgIpc) is 2.93. The molecule has 0 aromatic heterocycles. The highest BCUT2D eigenvalue weighted by Crippen LogP contribution is 2.18. The molecule has 0 saturated carbocycles. The quantitative estimate of drug-likeness (QED) is 0.0633. The molecule has 0 aliphatic rings. The molecule has 40 heavy (non-hydrogen) atoms. The number of carbonyl (C=O) groups excluding carboxylic acids is 1. The number of rotatable bonds is 33. The van der Waals surface area contributed by atoms with Crippen LogP contribution in [0.25, 0.3) is 0 Å². The molecule has 1 N–H and O–H groups in total. The Morgan fingerprint density at radius 1 is 0.450 bits per heavy atom. The molecule has 0 heterocycles. The van der Waals surface area contributed by atoms with Gasteiger partial charge in [0.2, 0.25) is 0 Å². The van der Waals surface area contributed by atoms with E-state index in [4.69, 9.17) is 9.84 Å². The molecule has 0 spiro atoms. The van der Waals surface area contributed by atoms with Gasteiger partial charge in [0.05, 0.1) is 0 Å². The standard InChI is InChI=1S/C36H70O4/c1-3-5-7-9-10-11-12-13-14-15-16-17-18-19-20-21-23-29-33-36(39)40-34(30-26-22-8-6-4-2)31-27-24-25-28-32-35(37)38/h34H,3-33H2,1-2H3,(H,37,38). The molecule has 1 atom stereocenters. The largest absolute Gasteiger partial charge is 0.481 e. The van der Waals surface area contributed by atoms with Gasteiger partial charge in [0.25, 0.3) is 0 Å². The van der Waals surface area contributed by atoms with Gasteiger partial charge in [0.15, 0.2) is 0 Å². The Kier molecular flexibility index (Phi) is 31.6. The molecular formula is C36H70O4. The van der Waals surface area contributed by atoms with Crippen LogP contribution in [0.5, 0.6) is 0 Å². The zero-order valence-corrected chi connectivity index (χ0v) is 27.2. The van der Waals surface area contributed by atoms with Crippen molar-refractivity contribution in [3.05, 3.63) is 0 Å². The second kappa shape index (κ2) is 32.5. The van der Waals surface area contributed by atoms with Crippen molar-refractivity contribution in [3.8, 4) is 0 Å². The van der Waals surface area contributed by atoms with Gasteiger partial charge in [0.1, 0.15) is 6.10 Å². The molecular weight excluding hydrogens is 496 g/mol. The van der Waals surface area contributed by atoms with Crippen molar-refractivity contribution in [1.29, 1.82) is 0 Å². The van der Waals surface area contributed by atoms with Crippen molar-refractivity contribution in [3.63, 3.8) is 0 Å². The van der Waals surface area contributed by atoms with Crippen LogP contribution in [0.2, 0.25) is 0 Å². The third-order valence-electron chi connectivity index (χ3n) is 8.33. The fraction of sp³-hybridized carbons (Fsp3) is 0.944. The molecule has 0 fully saturated rings. The van der Waals surface area contributed by atoms with E-state index in [1.165, 1.54) is 128 Å². The minimum Gasteiger partial charge on any atom is -0.481 e. The van der Waals surface area contributed by atoms with E-state index < -0.39 is 5.97 Å². The third kappa shape index (κ3) is 31.5. The molecule has 0 saturated heterocycles. The van der Waals surface area contributed by atoms with Crippen molar-refractivity contribution in [1.82, 2.24) is 0 Å². The average molecular weight is 567 g/mol. The summed E-state index contributed by atoms with van der Waals surface area (Å²) in [6.45, 7) is 4.52.